The summed E-state index contributed by atoms with van der Waals surface area (Å²) in [6.45, 7) is 5.65. The van der Waals surface area contributed by atoms with Crippen molar-refractivity contribution in [2.75, 3.05) is 5.32 Å². The van der Waals surface area contributed by atoms with Crippen molar-refractivity contribution in [3.63, 3.8) is 0 Å². The Morgan fingerprint density at radius 3 is 2.81 bits per heavy atom. The molecule has 158 valence electrons. The van der Waals surface area contributed by atoms with Crippen LogP contribution in [0.4, 0.5) is 16.0 Å². The van der Waals surface area contributed by atoms with Crippen LogP contribution >= 0.6 is 0 Å². The molecule has 2 aliphatic rings. The molecule has 4 heterocycles. The van der Waals surface area contributed by atoms with Gasteiger partial charge in [0.15, 0.2) is 11.6 Å². The van der Waals surface area contributed by atoms with Gasteiger partial charge in [-0.25, -0.2) is 24.0 Å². The first-order valence-corrected chi connectivity index (χ1v) is 9.84. The van der Waals surface area contributed by atoms with E-state index in [0.717, 1.165) is 0 Å². The van der Waals surface area contributed by atoms with E-state index in [1.807, 2.05) is 13.8 Å². The van der Waals surface area contributed by atoms with Gasteiger partial charge in [0.05, 0.1) is 18.2 Å². The van der Waals surface area contributed by atoms with E-state index >= 15 is 0 Å². The summed E-state index contributed by atoms with van der Waals surface area (Å²) in [5.74, 6) is 0.981. The average molecular weight is 421 g/mol. The van der Waals surface area contributed by atoms with E-state index in [0.29, 0.717) is 34.3 Å². The SMILES string of the molecule is CC(C)Oc1cc(-c2nc3c4c(n2)NC(=O)C4(C)C(N)=N3)nn1Cc1ccccc1F. The van der Waals surface area contributed by atoms with Crippen LogP contribution in [-0.4, -0.2) is 37.6 Å². The number of hydrogen-bond acceptors (Lipinski definition) is 7. The third-order valence-electron chi connectivity index (χ3n) is 5.42. The molecule has 0 radical (unpaired) electrons. The highest BCUT2D eigenvalue weighted by Gasteiger charge is 2.53. The van der Waals surface area contributed by atoms with Crippen molar-refractivity contribution in [3.05, 3.63) is 47.3 Å². The lowest BCUT2D eigenvalue weighted by atomic mass is 9.85. The Morgan fingerprint density at radius 1 is 1.29 bits per heavy atom. The van der Waals surface area contributed by atoms with Crippen LogP contribution in [0, 0.1) is 5.82 Å². The summed E-state index contributed by atoms with van der Waals surface area (Å²) in [6.07, 6.45) is -0.119. The fourth-order valence-corrected chi connectivity index (χ4v) is 3.76. The number of anilines is 1. The van der Waals surface area contributed by atoms with Gasteiger partial charge in [0, 0.05) is 11.6 Å². The minimum absolute atomic E-state index is 0.119. The van der Waals surface area contributed by atoms with Crippen molar-refractivity contribution in [2.24, 2.45) is 10.7 Å². The van der Waals surface area contributed by atoms with Crippen LogP contribution in [-0.2, 0) is 16.8 Å². The number of aromatic nitrogens is 4. The smallest absolute Gasteiger partial charge is 0.243 e. The van der Waals surface area contributed by atoms with E-state index in [-0.39, 0.29) is 36.0 Å². The Morgan fingerprint density at radius 2 is 2.06 bits per heavy atom. The van der Waals surface area contributed by atoms with Crippen molar-refractivity contribution in [2.45, 2.75) is 38.8 Å². The number of amides is 1. The number of nitrogens with two attached hydrogens (primary N) is 1. The lowest BCUT2D eigenvalue weighted by molar-refractivity contribution is -0.118. The summed E-state index contributed by atoms with van der Waals surface area (Å²) >= 11 is 0. The molecule has 0 bridgehead atoms. The molecular formula is C21H20FN7O2. The van der Waals surface area contributed by atoms with E-state index in [9.17, 15) is 9.18 Å². The number of nitrogens with zero attached hydrogens (tertiary/aromatic N) is 5. The van der Waals surface area contributed by atoms with E-state index in [1.165, 1.54) is 6.07 Å². The van der Waals surface area contributed by atoms with Gasteiger partial charge in [0.25, 0.3) is 0 Å². The van der Waals surface area contributed by atoms with Gasteiger partial charge in [-0.3, -0.25) is 4.79 Å². The summed E-state index contributed by atoms with van der Waals surface area (Å²) in [5.41, 5.74) is 6.42. The molecule has 0 saturated carbocycles. The number of amidine groups is 1. The monoisotopic (exact) mass is 421 g/mol. The minimum Gasteiger partial charge on any atom is -0.475 e. The van der Waals surface area contributed by atoms with Crippen LogP contribution in [0.15, 0.2) is 35.3 Å². The first-order chi connectivity index (χ1) is 14.8. The summed E-state index contributed by atoms with van der Waals surface area (Å²) in [7, 11) is 0. The van der Waals surface area contributed by atoms with Crippen LogP contribution in [0.25, 0.3) is 11.5 Å². The van der Waals surface area contributed by atoms with Gasteiger partial charge in [0.2, 0.25) is 11.8 Å². The maximum absolute atomic E-state index is 14.2. The van der Waals surface area contributed by atoms with Gasteiger partial charge < -0.3 is 15.8 Å². The predicted octanol–water partition coefficient (Wildman–Crippen LogP) is 2.53. The quantitative estimate of drug-likeness (QED) is 0.653. The van der Waals surface area contributed by atoms with Gasteiger partial charge in [-0.2, -0.15) is 5.10 Å². The molecule has 3 aromatic rings. The molecule has 31 heavy (non-hydrogen) atoms. The van der Waals surface area contributed by atoms with Crippen molar-refractivity contribution in [1.82, 2.24) is 19.7 Å². The Bertz CT molecular complexity index is 1270. The molecule has 1 unspecified atom stereocenters. The second-order valence-electron chi connectivity index (χ2n) is 7.95. The first-order valence-electron chi connectivity index (χ1n) is 9.84. The second kappa shape index (κ2) is 6.59. The molecule has 1 atom stereocenters. The number of aliphatic imine (C=N–C) groups is 1. The van der Waals surface area contributed by atoms with Gasteiger partial charge in [-0.1, -0.05) is 18.2 Å². The Balaban J connectivity index is 1.59. The molecule has 5 rings (SSSR count). The third kappa shape index (κ3) is 2.86. The average Bonchev–Trinajstić information content (AvgIpc) is 3.31. The number of nitrogens with one attached hydrogen (secondary N) is 1. The molecule has 0 aliphatic carbocycles. The molecule has 2 aliphatic heterocycles. The number of benzene rings is 1. The Hall–Kier alpha value is -3.82. The van der Waals surface area contributed by atoms with Crippen molar-refractivity contribution < 1.29 is 13.9 Å². The third-order valence-corrected chi connectivity index (χ3v) is 5.42. The molecule has 1 aromatic carbocycles. The molecule has 0 spiro atoms. The van der Waals surface area contributed by atoms with E-state index in [2.05, 4.69) is 25.4 Å². The summed E-state index contributed by atoms with van der Waals surface area (Å²) in [4.78, 5) is 25.7. The molecule has 1 amide bonds. The molecular weight excluding hydrogens is 401 g/mol. The molecule has 9 nitrogen and oxygen atoms in total. The largest absolute Gasteiger partial charge is 0.475 e. The Kier molecular flexibility index (Phi) is 4.07. The highest BCUT2D eigenvalue weighted by Crippen LogP contribution is 2.47. The van der Waals surface area contributed by atoms with E-state index in [4.69, 9.17) is 10.5 Å². The number of carbonyl (C=O) groups excluding carboxylic acids is 1. The Labute approximate surface area is 177 Å². The number of rotatable bonds is 5. The molecule has 10 heteroatoms. The topological polar surface area (TPSA) is 120 Å². The van der Waals surface area contributed by atoms with Gasteiger partial charge >= 0.3 is 0 Å². The van der Waals surface area contributed by atoms with Crippen LogP contribution in [0.5, 0.6) is 5.88 Å². The van der Waals surface area contributed by atoms with Crippen LogP contribution in [0.2, 0.25) is 0 Å². The van der Waals surface area contributed by atoms with Crippen molar-refractivity contribution >= 4 is 23.4 Å². The van der Waals surface area contributed by atoms with Crippen molar-refractivity contribution in [1.29, 1.82) is 0 Å². The predicted molar refractivity (Wildman–Crippen MR) is 112 cm³/mol. The molecule has 2 aromatic heterocycles. The summed E-state index contributed by atoms with van der Waals surface area (Å²) in [5, 5.41) is 7.30. The lowest BCUT2D eigenvalue weighted by Gasteiger charge is -2.14. The fourth-order valence-electron chi connectivity index (χ4n) is 3.76. The molecule has 0 fully saturated rings. The normalized spacial score (nSPS) is 18.9. The fraction of sp³-hybridized carbons (Fsp3) is 0.286. The van der Waals surface area contributed by atoms with E-state index in [1.54, 1.807) is 35.9 Å². The maximum Gasteiger partial charge on any atom is 0.243 e. The minimum atomic E-state index is -1.06. The summed E-state index contributed by atoms with van der Waals surface area (Å²) < 4.78 is 21.6. The van der Waals surface area contributed by atoms with Gasteiger partial charge in [-0.15, -0.1) is 0 Å². The standard InChI is InChI=1S/C21H20FN7O2/c1-10(2)31-14-8-13(28-29(14)9-11-6-4-5-7-12(11)22)16-24-17-15-18(25-16)27-20(30)21(15,3)19(23)26-17/h4-8,10H,9H2,1-3H3,(H3,23,24,25,26,27,30). The molecule has 3 N–H and O–H groups in total. The van der Waals surface area contributed by atoms with Crippen molar-refractivity contribution in [3.8, 4) is 17.4 Å². The van der Waals surface area contributed by atoms with Crippen LogP contribution in [0.1, 0.15) is 31.9 Å². The first kappa shape index (κ1) is 19.2. The maximum atomic E-state index is 14.2. The van der Waals surface area contributed by atoms with Gasteiger partial charge in [0.1, 0.15) is 28.6 Å². The van der Waals surface area contributed by atoms with Crippen LogP contribution < -0.4 is 15.8 Å². The highest BCUT2D eigenvalue weighted by atomic mass is 19.1. The number of carbonyl (C=O) groups is 1. The summed E-state index contributed by atoms with van der Waals surface area (Å²) in [6, 6.07) is 8.17. The van der Waals surface area contributed by atoms with Gasteiger partial charge in [-0.05, 0) is 26.8 Å². The zero-order valence-electron chi connectivity index (χ0n) is 17.2. The number of ether oxygens (including phenoxy) is 1. The number of hydrogen-bond donors (Lipinski definition) is 2. The number of halogens is 1. The lowest BCUT2D eigenvalue weighted by Crippen LogP contribution is -2.42. The molecule has 0 saturated heterocycles. The zero-order valence-corrected chi connectivity index (χ0v) is 17.2. The van der Waals surface area contributed by atoms with Crippen LogP contribution in [0.3, 0.4) is 0 Å². The zero-order chi connectivity index (χ0) is 21.9. The highest BCUT2D eigenvalue weighted by molar-refractivity contribution is 6.24. The van der Waals surface area contributed by atoms with E-state index < -0.39 is 5.41 Å². The second-order valence-corrected chi connectivity index (χ2v) is 7.95.